The summed E-state index contributed by atoms with van der Waals surface area (Å²) in [7, 11) is 0. The van der Waals surface area contributed by atoms with Crippen molar-refractivity contribution in [2.75, 3.05) is 11.4 Å². The van der Waals surface area contributed by atoms with E-state index in [9.17, 15) is 9.59 Å². The normalized spacial score (nSPS) is 21.4. The highest BCUT2D eigenvalue weighted by Crippen LogP contribution is 2.37. The van der Waals surface area contributed by atoms with Crippen molar-refractivity contribution in [2.45, 2.75) is 31.2 Å². The van der Waals surface area contributed by atoms with Gasteiger partial charge in [-0.2, -0.15) is 0 Å². The molecule has 1 heterocycles. The molecular formula is C14H14Cl2N2O2. The third-order valence-corrected chi connectivity index (χ3v) is 4.53. The van der Waals surface area contributed by atoms with Gasteiger partial charge in [0.05, 0.1) is 10.7 Å². The van der Waals surface area contributed by atoms with Gasteiger partial charge in [0.1, 0.15) is 12.1 Å². The minimum atomic E-state index is -0.738. The summed E-state index contributed by atoms with van der Waals surface area (Å²) >= 11 is 12.0. The lowest BCUT2D eigenvalue weighted by Crippen LogP contribution is -2.65. The highest BCUT2D eigenvalue weighted by atomic mass is 35.5. The molecule has 1 spiro atoms. The second-order valence-electron chi connectivity index (χ2n) is 5.32. The maximum absolute atomic E-state index is 12.8. The Bertz CT molecular complexity index is 583. The second kappa shape index (κ2) is 4.93. The molecule has 0 atom stereocenters. The first kappa shape index (κ1) is 13.7. The van der Waals surface area contributed by atoms with Crippen LogP contribution in [0.5, 0.6) is 0 Å². The smallest absolute Gasteiger partial charge is 0.253 e. The van der Waals surface area contributed by atoms with Crippen LogP contribution in [0.3, 0.4) is 0 Å². The molecule has 0 unspecified atom stereocenters. The zero-order chi connectivity index (χ0) is 14.3. The first-order chi connectivity index (χ1) is 9.52. The molecule has 0 bridgehead atoms. The van der Waals surface area contributed by atoms with Crippen LogP contribution in [0.15, 0.2) is 18.2 Å². The molecule has 6 heteroatoms. The highest BCUT2D eigenvalue weighted by molar-refractivity contribution is 6.37. The Labute approximate surface area is 127 Å². The first-order valence-electron chi connectivity index (χ1n) is 6.60. The van der Waals surface area contributed by atoms with Crippen LogP contribution < -0.4 is 10.2 Å². The monoisotopic (exact) mass is 312 g/mol. The van der Waals surface area contributed by atoms with Gasteiger partial charge < -0.3 is 5.32 Å². The number of carbonyl (C=O) groups is 2. The standard InChI is InChI=1S/C14H14Cl2N2O2/c15-9-3-4-11(10(16)7-9)18-8-12(19)17-14(13(18)20)5-1-2-6-14/h3-4,7H,1-2,5-6,8H2,(H,17,19). The largest absolute Gasteiger partial charge is 0.340 e. The van der Waals surface area contributed by atoms with Crippen LogP contribution in [0.2, 0.25) is 10.0 Å². The number of rotatable bonds is 1. The lowest BCUT2D eigenvalue weighted by atomic mass is 9.92. The van der Waals surface area contributed by atoms with Crippen LogP contribution in [0.25, 0.3) is 0 Å². The zero-order valence-corrected chi connectivity index (χ0v) is 12.3. The minimum Gasteiger partial charge on any atom is -0.340 e. The zero-order valence-electron chi connectivity index (χ0n) is 10.8. The summed E-state index contributed by atoms with van der Waals surface area (Å²) in [5, 5.41) is 3.76. The molecule has 3 rings (SSSR count). The van der Waals surface area contributed by atoms with E-state index in [4.69, 9.17) is 23.2 Å². The summed E-state index contributed by atoms with van der Waals surface area (Å²) in [4.78, 5) is 26.2. The van der Waals surface area contributed by atoms with Gasteiger partial charge in [0.2, 0.25) is 5.91 Å². The summed E-state index contributed by atoms with van der Waals surface area (Å²) in [6.07, 6.45) is 3.29. The van der Waals surface area contributed by atoms with Gasteiger partial charge in [-0.25, -0.2) is 0 Å². The van der Waals surface area contributed by atoms with E-state index in [0.717, 1.165) is 12.8 Å². The van der Waals surface area contributed by atoms with E-state index in [-0.39, 0.29) is 18.4 Å². The molecule has 1 saturated heterocycles. The average Bonchev–Trinajstić information content (AvgIpc) is 2.84. The number of anilines is 1. The number of hydrogen-bond donors (Lipinski definition) is 1. The fourth-order valence-corrected chi connectivity index (χ4v) is 3.56. The lowest BCUT2D eigenvalue weighted by molar-refractivity contribution is -0.135. The summed E-state index contributed by atoms with van der Waals surface area (Å²) in [6, 6.07) is 4.94. The average molecular weight is 313 g/mol. The van der Waals surface area contributed by atoms with E-state index in [1.54, 1.807) is 18.2 Å². The van der Waals surface area contributed by atoms with Crippen molar-refractivity contribution in [3.8, 4) is 0 Å². The Morgan fingerprint density at radius 1 is 1.15 bits per heavy atom. The number of nitrogens with one attached hydrogen (secondary N) is 1. The third kappa shape index (κ3) is 2.17. The van der Waals surface area contributed by atoms with E-state index in [2.05, 4.69) is 5.32 Å². The maximum Gasteiger partial charge on any atom is 0.253 e. The Hall–Kier alpha value is -1.26. The predicted molar refractivity (Wildman–Crippen MR) is 78.2 cm³/mol. The van der Waals surface area contributed by atoms with Gasteiger partial charge in [0.25, 0.3) is 5.91 Å². The lowest BCUT2D eigenvalue weighted by Gasteiger charge is -2.39. The number of piperazine rings is 1. The minimum absolute atomic E-state index is 0.00192. The van der Waals surface area contributed by atoms with Crippen LogP contribution >= 0.6 is 23.2 Å². The number of benzene rings is 1. The van der Waals surface area contributed by atoms with Crippen LogP contribution in [-0.2, 0) is 9.59 Å². The molecule has 1 aliphatic carbocycles. The van der Waals surface area contributed by atoms with Crippen molar-refractivity contribution in [3.63, 3.8) is 0 Å². The van der Waals surface area contributed by atoms with Gasteiger partial charge in [0.15, 0.2) is 0 Å². The first-order valence-corrected chi connectivity index (χ1v) is 7.35. The van der Waals surface area contributed by atoms with Crippen molar-refractivity contribution < 1.29 is 9.59 Å². The maximum atomic E-state index is 12.8. The van der Waals surface area contributed by atoms with Crippen molar-refractivity contribution in [2.24, 2.45) is 0 Å². The van der Waals surface area contributed by atoms with E-state index < -0.39 is 5.54 Å². The molecule has 0 radical (unpaired) electrons. The molecule has 2 amide bonds. The van der Waals surface area contributed by atoms with Crippen molar-refractivity contribution in [1.29, 1.82) is 0 Å². The van der Waals surface area contributed by atoms with Crippen molar-refractivity contribution in [3.05, 3.63) is 28.2 Å². The van der Waals surface area contributed by atoms with Gasteiger partial charge >= 0.3 is 0 Å². The summed E-state index contributed by atoms with van der Waals surface area (Å²) in [5.41, 5.74) is -0.194. The molecule has 106 valence electrons. The Morgan fingerprint density at radius 3 is 2.50 bits per heavy atom. The van der Waals surface area contributed by atoms with Gasteiger partial charge in [-0.05, 0) is 31.0 Å². The topological polar surface area (TPSA) is 49.4 Å². The molecule has 2 fully saturated rings. The molecule has 0 aromatic heterocycles. The molecule has 1 aliphatic heterocycles. The number of nitrogens with zero attached hydrogens (tertiary/aromatic N) is 1. The number of amides is 2. The molecule has 20 heavy (non-hydrogen) atoms. The Morgan fingerprint density at radius 2 is 1.85 bits per heavy atom. The van der Waals surface area contributed by atoms with E-state index in [1.165, 1.54) is 4.90 Å². The highest BCUT2D eigenvalue weighted by Gasteiger charge is 2.48. The van der Waals surface area contributed by atoms with Gasteiger partial charge in [0, 0.05) is 5.02 Å². The second-order valence-corrected chi connectivity index (χ2v) is 6.17. The van der Waals surface area contributed by atoms with Gasteiger partial charge in [-0.3, -0.25) is 14.5 Å². The molecule has 1 aromatic carbocycles. The Balaban J connectivity index is 1.99. The van der Waals surface area contributed by atoms with Crippen molar-refractivity contribution in [1.82, 2.24) is 5.32 Å². The number of carbonyl (C=O) groups excluding carboxylic acids is 2. The quantitative estimate of drug-likeness (QED) is 0.867. The summed E-state index contributed by atoms with van der Waals surface area (Å²) < 4.78 is 0. The van der Waals surface area contributed by atoms with E-state index in [0.29, 0.717) is 28.6 Å². The fraction of sp³-hybridized carbons (Fsp3) is 0.429. The van der Waals surface area contributed by atoms with Crippen LogP contribution in [0.1, 0.15) is 25.7 Å². The summed E-state index contributed by atoms with van der Waals surface area (Å²) in [6.45, 7) is 0.00192. The van der Waals surface area contributed by atoms with Crippen LogP contribution in [0, 0.1) is 0 Å². The fourth-order valence-electron chi connectivity index (χ4n) is 3.05. The van der Waals surface area contributed by atoms with Gasteiger partial charge in [-0.15, -0.1) is 0 Å². The number of hydrogen-bond acceptors (Lipinski definition) is 2. The van der Waals surface area contributed by atoms with E-state index in [1.807, 2.05) is 0 Å². The molecule has 1 saturated carbocycles. The molecule has 1 aromatic rings. The van der Waals surface area contributed by atoms with Crippen LogP contribution in [-0.4, -0.2) is 23.9 Å². The molecular weight excluding hydrogens is 299 g/mol. The molecule has 4 nitrogen and oxygen atoms in total. The predicted octanol–water partition coefficient (Wildman–Crippen LogP) is 2.77. The number of halogens is 2. The van der Waals surface area contributed by atoms with Crippen molar-refractivity contribution >= 4 is 40.7 Å². The molecule has 1 N–H and O–H groups in total. The summed E-state index contributed by atoms with van der Waals surface area (Å²) in [5.74, 6) is -0.212. The molecule has 2 aliphatic rings. The van der Waals surface area contributed by atoms with Crippen LogP contribution in [0.4, 0.5) is 5.69 Å². The third-order valence-electron chi connectivity index (χ3n) is 3.99. The van der Waals surface area contributed by atoms with Gasteiger partial charge in [-0.1, -0.05) is 36.0 Å². The van der Waals surface area contributed by atoms with E-state index >= 15 is 0 Å². The Kier molecular flexibility index (Phi) is 3.38. The SMILES string of the molecule is O=C1CN(c2ccc(Cl)cc2Cl)C(=O)C2(CCCC2)N1.